The van der Waals surface area contributed by atoms with Crippen LogP contribution in [0.3, 0.4) is 0 Å². The predicted molar refractivity (Wildman–Crippen MR) is 88.0 cm³/mol. The van der Waals surface area contributed by atoms with Crippen molar-refractivity contribution in [3.8, 4) is 0 Å². The standard InChI is InChI=1S/C14H25N7O/c1-4-17-11-9-21(16-3)8-10-12(11)19-14(15-2)20-13(10)18-6-5-7-22/h9,16-17,22H,4-8H2,1-3H3,(H2,15,18,19,20). The van der Waals surface area contributed by atoms with Crippen LogP contribution in [-0.4, -0.2) is 53.9 Å². The Morgan fingerprint density at radius 1 is 1.27 bits per heavy atom. The van der Waals surface area contributed by atoms with E-state index in [9.17, 15) is 0 Å². The molecule has 8 nitrogen and oxygen atoms in total. The third-order valence-electron chi connectivity index (χ3n) is 3.38. The largest absolute Gasteiger partial charge is 0.396 e. The molecule has 2 rings (SSSR count). The lowest BCUT2D eigenvalue weighted by atomic mass is 10.1. The van der Waals surface area contributed by atoms with Gasteiger partial charge in [0.1, 0.15) is 11.5 Å². The number of anilines is 2. The molecular weight excluding hydrogens is 282 g/mol. The van der Waals surface area contributed by atoms with Gasteiger partial charge in [-0.2, -0.15) is 4.98 Å². The lowest BCUT2D eigenvalue weighted by molar-refractivity contribution is 0.285. The monoisotopic (exact) mass is 307 g/mol. The topological polar surface area (TPSA) is 97.4 Å². The number of fused-ring (bicyclic) bond motifs is 1. The molecule has 0 spiro atoms. The third-order valence-corrected chi connectivity index (χ3v) is 3.38. The van der Waals surface area contributed by atoms with E-state index in [-0.39, 0.29) is 6.61 Å². The second-order valence-electron chi connectivity index (χ2n) is 4.90. The van der Waals surface area contributed by atoms with Gasteiger partial charge in [-0.05, 0) is 13.3 Å². The average Bonchev–Trinajstić information content (AvgIpc) is 2.55. The Kier molecular flexibility index (Phi) is 5.79. The molecule has 0 amide bonds. The summed E-state index contributed by atoms with van der Waals surface area (Å²) in [5.41, 5.74) is 6.03. The van der Waals surface area contributed by atoms with Crippen LogP contribution in [-0.2, 0) is 6.54 Å². The van der Waals surface area contributed by atoms with Crippen LogP contribution in [0.25, 0.3) is 5.70 Å². The minimum Gasteiger partial charge on any atom is -0.396 e. The molecule has 22 heavy (non-hydrogen) atoms. The van der Waals surface area contributed by atoms with Gasteiger partial charge in [-0.3, -0.25) is 0 Å². The maximum absolute atomic E-state index is 8.95. The quantitative estimate of drug-likeness (QED) is 0.434. The van der Waals surface area contributed by atoms with Crippen molar-refractivity contribution < 1.29 is 5.11 Å². The van der Waals surface area contributed by atoms with Crippen LogP contribution in [0, 0.1) is 0 Å². The first-order valence-electron chi connectivity index (χ1n) is 7.57. The summed E-state index contributed by atoms with van der Waals surface area (Å²) < 4.78 is 0. The molecule has 0 saturated carbocycles. The smallest absolute Gasteiger partial charge is 0.225 e. The molecule has 1 aliphatic heterocycles. The molecule has 0 unspecified atom stereocenters. The van der Waals surface area contributed by atoms with Gasteiger partial charge in [0.2, 0.25) is 5.95 Å². The molecule has 5 N–H and O–H groups in total. The second-order valence-corrected chi connectivity index (χ2v) is 4.90. The Labute approximate surface area is 131 Å². The summed E-state index contributed by atoms with van der Waals surface area (Å²) in [6, 6.07) is 0. The van der Waals surface area contributed by atoms with Crippen molar-refractivity contribution in [3.05, 3.63) is 17.5 Å². The van der Waals surface area contributed by atoms with Gasteiger partial charge in [0.05, 0.1) is 12.2 Å². The molecule has 0 aromatic carbocycles. The molecule has 2 heterocycles. The summed E-state index contributed by atoms with van der Waals surface area (Å²) in [6.45, 7) is 4.37. The second kappa shape index (κ2) is 7.81. The van der Waals surface area contributed by atoms with E-state index in [1.807, 2.05) is 18.3 Å². The number of nitrogens with zero attached hydrogens (tertiary/aromatic N) is 3. The molecule has 0 atom stereocenters. The van der Waals surface area contributed by atoms with Gasteiger partial charge in [0, 0.05) is 45.6 Å². The third kappa shape index (κ3) is 3.58. The molecule has 8 heteroatoms. The number of hydrogen-bond acceptors (Lipinski definition) is 8. The molecular formula is C14H25N7O. The number of aromatic nitrogens is 2. The average molecular weight is 307 g/mol. The first-order valence-corrected chi connectivity index (χ1v) is 7.57. The molecule has 0 fully saturated rings. The van der Waals surface area contributed by atoms with Gasteiger partial charge < -0.3 is 26.1 Å². The summed E-state index contributed by atoms with van der Waals surface area (Å²) in [4.78, 5) is 9.11. The summed E-state index contributed by atoms with van der Waals surface area (Å²) >= 11 is 0. The Morgan fingerprint density at radius 3 is 2.73 bits per heavy atom. The highest BCUT2D eigenvalue weighted by atomic mass is 16.3. The maximum Gasteiger partial charge on any atom is 0.225 e. The van der Waals surface area contributed by atoms with E-state index in [4.69, 9.17) is 5.11 Å². The first kappa shape index (κ1) is 16.3. The molecule has 1 aromatic heterocycles. The predicted octanol–water partition coefficient (Wildman–Crippen LogP) is 0.171. The van der Waals surface area contributed by atoms with Gasteiger partial charge in [-0.1, -0.05) is 0 Å². The van der Waals surface area contributed by atoms with E-state index in [0.29, 0.717) is 25.5 Å². The Morgan fingerprint density at radius 2 is 2.09 bits per heavy atom. The van der Waals surface area contributed by atoms with Crippen LogP contribution in [0.1, 0.15) is 24.6 Å². The number of aliphatic hydroxyl groups is 1. The van der Waals surface area contributed by atoms with Gasteiger partial charge in [-0.25, -0.2) is 10.4 Å². The summed E-state index contributed by atoms with van der Waals surface area (Å²) in [5, 5.41) is 20.6. The fourth-order valence-corrected chi connectivity index (χ4v) is 2.30. The zero-order valence-electron chi connectivity index (χ0n) is 13.4. The van der Waals surface area contributed by atoms with Gasteiger partial charge in [0.15, 0.2) is 0 Å². The van der Waals surface area contributed by atoms with Crippen molar-refractivity contribution in [1.29, 1.82) is 0 Å². The minimum atomic E-state index is 0.157. The van der Waals surface area contributed by atoms with Crippen molar-refractivity contribution in [2.45, 2.75) is 19.9 Å². The van der Waals surface area contributed by atoms with E-state index in [0.717, 1.165) is 29.3 Å². The fourth-order valence-electron chi connectivity index (χ4n) is 2.30. The van der Waals surface area contributed by atoms with E-state index < -0.39 is 0 Å². The molecule has 122 valence electrons. The van der Waals surface area contributed by atoms with Crippen LogP contribution < -0.4 is 21.4 Å². The Bertz CT molecular complexity index is 532. The van der Waals surface area contributed by atoms with Crippen molar-refractivity contribution in [3.63, 3.8) is 0 Å². The first-order chi connectivity index (χ1) is 10.7. The van der Waals surface area contributed by atoms with Gasteiger partial charge >= 0.3 is 0 Å². The maximum atomic E-state index is 8.95. The van der Waals surface area contributed by atoms with E-state index in [1.54, 1.807) is 7.05 Å². The highest BCUT2D eigenvalue weighted by molar-refractivity contribution is 5.70. The number of nitrogens with one attached hydrogen (secondary N) is 4. The fraction of sp³-hybridized carbons (Fsp3) is 0.571. The molecule has 1 aliphatic rings. The summed E-state index contributed by atoms with van der Waals surface area (Å²) in [7, 11) is 3.69. The Hall–Kier alpha value is -2.06. The van der Waals surface area contributed by atoms with Crippen molar-refractivity contribution in [1.82, 2.24) is 25.7 Å². The Balaban J connectivity index is 2.40. The lowest BCUT2D eigenvalue weighted by Crippen LogP contribution is -2.35. The minimum absolute atomic E-state index is 0.157. The molecule has 0 bridgehead atoms. The van der Waals surface area contributed by atoms with E-state index in [2.05, 4.69) is 38.3 Å². The van der Waals surface area contributed by atoms with Crippen molar-refractivity contribution >= 4 is 17.5 Å². The summed E-state index contributed by atoms with van der Waals surface area (Å²) in [6.07, 6.45) is 2.69. The molecule has 0 aliphatic carbocycles. The number of hydrogen-bond donors (Lipinski definition) is 5. The highest BCUT2D eigenvalue weighted by Crippen LogP contribution is 2.28. The van der Waals surface area contributed by atoms with Gasteiger partial charge in [0.25, 0.3) is 0 Å². The van der Waals surface area contributed by atoms with Crippen LogP contribution in [0.4, 0.5) is 11.8 Å². The number of aliphatic hydroxyl groups excluding tert-OH is 1. The SMILES string of the molecule is CCNC1=CN(NC)Cc2c(NCCCO)nc(NC)nc21. The molecule has 0 radical (unpaired) electrons. The van der Waals surface area contributed by atoms with Gasteiger partial charge in [-0.15, -0.1) is 0 Å². The van der Waals surface area contributed by atoms with Crippen LogP contribution in [0.2, 0.25) is 0 Å². The highest BCUT2D eigenvalue weighted by Gasteiger charge is 2.23. The van der Waals surface area contributed by atoms with E-state index >= 15 is 0 Å². The molecule has 1 aromatic rings. The molecule has 0 saturated heterocycles. The summed E-state index contributed by atoms with van der Waals surface area (Å²) in [5.74, 6) is 1.37. The van der Waals surface area contributed by atoms with E-state index in [1.165, 1.54) is 0 Å². The normalized spacial score (nSPS) is 13.5. The number of rotatable bonds is 8. The lowest BCUT2D eigenvalue weighted by Gasteiger charge is -2.29. The zero-order chi connectivity index (χ0) is 15.9. The van der Waals surface area contributed by atoms with Crippen molar-refractivity contribution in [2.24, 2.45) is 0 Å². The zero-order valence-corrected chi connectivity index (χ0v) is 13.4. The van der Waals surface area contributed by atoms with Crippen LogP contribution >= 0.6 is 0 Å². The van der Waals surface area contributed by atoms with Crippen LogP contribution in [0.15, 0.2) is 6.20 Å². The van der Waals surface area contributed by atoms with Crippen molar-refractivity contribution in [2.75, 3.05) is 44.4 Å². The number of hydrazine groups is 1. The van der Waals surface area contributed by atoms with Crippen LogP contribution in [0.5, 0.6) is 0 Å².